The molecule has 1 nitrogen and oxygen atoms in total. The van der Waals surface area contributed by atoms with E-state index in [1.54, 1.807) is 5.56 Å². The van der Waals surface area contributed by atoms with E-state index in [4.69, 9.17) is 0 Å². The topological polar surface area (TPSA) is 3.24 Å². The molecule has 1 saturated carbocycles. The van der Waals surface area contributed by atoms with Gasteiger partial charge in [-0.2, -0.15) is 0 Å². The summed E-state index contributed by atoms with van der Waals surface area (Å²) < 4.78 is 2.92. The van der Waals surface area contributed by atoms with Crippen molar-refractivity contribution in [2.75, 3.05) is 11.9 Å². The van der Waals surface area contributed by atoms with Gasteiger partial charge >= 0.3 is 0 Å². The first-order chi connectivity index (χ1) is 14.6. The number of thiophene rings is 1. The Bertz CT molecular complexity index is 1160. The number of hydrogen-bond donors (Lipinski definition) is 0. The van der Waals surface area contributed by atoms with Crippen molar-refractivity contribution in [3.8, 4) is 0 Å². The summed E-state index contributed by atoms with van der Waals surface area (Å²) in [5.41, 5.74) is 5.53. The maximum absolute atomic E-state index is 2.39. The van der Waals surface area contributed by atoms with Gasteiger partial charge < -0.3 is 4.90 Å². The molecule has 0 radical (unpaired) electrons. The second kappa shape index (κ2) is 8.07. The van der Waals surface area contributed by atoms with Crippen molar-refractivity contribution in [2.24, 2.45) is 0 Å². The Hall–Kier alpha value is -2.32. The lowest BCUT2D eigenvalue weighted by atomic mass is 9.84. The van der Waals surface area contributed by atoms with Crippen LogP contribution < -0.4 is 4.90 Å². The van der Waals surface area contributed by atoms with Crippen molar-refractivity contribution in [1.82, 2.24) is 0 Å². The van der Waals surface area contributed by atoms with Crippen LogP contribution in [0.25, 0.3) is 20.2 Å². The number of nitrogens with zero attached hydrogens (tertiary/aromatic N) is 1. The predicted octanol–water partition coefficient (Wildman–Crippen LogP) is 8.99. The van der Waals surface area contributed by atoms with E-state index in [1.165, 1.54) is 69.2 Å². The molecule has 1 heterocycles. The molecular formula is C28H31NS. The highest BCUT2D eigenvalue weighted by Crippen LogP contribution is 2.45. The molecule has 5 rings (SSSR count). The second-order valence-electron chi connectivity index (χ2n) is 9.12. The molecule has 1 fully saturated rings. The van der Waals surface area contributed by atoms with Crippen LogP contribution in [0.1, 0.15) is 68.9 Å². The Labute approximate surface area is 184 Å². The summed E-state index contributed by atoms with van der Waals surface area (Å²) >= 11 is 2.00. The summed E-state index contributed by atoms with van der Waals surface area (Å²) in [6.45, 7) is 4.50. The summed E-state index contributed by atoms with van der Waals surface area (Å²) in [6, 6.07) is 22.8. The van der Waals surface area contributed by atoms with Gasteiger partial charge in [-0.15, -0.1) is 11.3 Å². The Kier molecular flexibility index (Phi) is 5.28. The van der Waals surface area contributed by atoms with Crippen LogP contribution in [-0.2, 0) is 0 Å². The molecule has 0 unspecified atom stereocenters. The zero-order chi connectivity index (χ0) is 20.7. The van der Waals surface area contributed by atoms with Crippen LogP contribution in [0.4, 0.5) is 11.4 Å². The third kappa shape index (κ3) is 3.41. The van der Waals surface area contributed by atoms with Crippen LogP contribution in [0.5, 0.6) is 0 Å². The van der Waals surface area contributed by atoms with Gasteiger partial charge in [-0.3, -0.25) is 0 Å². The molecule has 0 atom stereocenters. The molecule has 0 saturated heterocycles. The zero-order valence-electron chi connectivity index (χ0n) is 18.3. The first-order valence-corrected chi connectivity index (χ1v) is 12.2. The summed E-state index contributed by atoms with van der Waals surface area (Å²) in [5.74, 6) is 1.30. The molecule has 1 aliphatic carbocycles. The predicted molar refractivity (Wildman–Crippen MR) is 134 cm³/mol. The first-order valence-electron chi connectivity index (χ1n) is 11.4. The minimum absolute atomic E-state index is 0.564. The van der Waals surface area contributed by atoms with Crippen LogP contribution >= 0.6 is 11.3 Å². The lowest BCUT2D eigenvalue weighted by molar-refractivity contribution is 0.446. The fourth-order valence-corrected chi connectivity index (χ4v) is 6.49. The number of fused-ring (bicyclic) bond motifs is 3. The van der Waals surface area contributed by atoms with Crippen LogP contribution in [0.3, 0.4) is 0 Å². The highest BCUT2D eigenvalue weighted by molar-refractivity contribution is 7.26. The van der Waals surface area contributed by atoms with Gasteiger partial charge in [0.25, 0.3) is 0 Å². The Morgan fingerprint density at radius 1 is 0.800 bits per heavy atom. The standard InChI is InChI=1S/C28H31NS/c1-19(2)20-15-17-22(18-16-20)29(3)26-14-8-13-25-24-12-7-11-23(27(24)30-28(25)26)21-9-5-4-6-10-21/h7-8,11-19,21H,4-6,9-10H2,1-3H3. The van der Waals surface area contributed by atoms with E-state index >= 15 is 0 Å². The van der Waals surface area contributed by atoms with E-state index < -0.39 is 0 Å². The summed E-state index contributed by atoms with van der Waals surface area (Å²) in [7, 11) is 2.20. The minimum atomic E-state index is 0.564. The summed E-state index contributed by atoms with van der Waals surface area (Å²) in [6.07, 6.45) is 6.87. The average molecular weight is 414 g/mol. The fourth-order valence-electron chi connectivity index (χ4n) is 5.05. The van der Waals surface area contributed by atoms with Gasteiger partial charge in [-0.05, 0) is 54.0 Å². The highest BCUT2D eigenvalue weighted by atomic mass is 32.1. The smallest absolute Gasteiger partial charge is 0.0592 e. The molecule has 3 aromatic carbocycles. The fraction of sp³-hybridized carbons (Fsp3) is 0.357. The van der Waals surface area contributed by atoms with Gasteiger partial charge in [0.1, 0.15) is 0 Å². The number of rotatable bonds is 4. The lowest BCUT2D eigenvalue weighted by Crippen LogP contribution is -2.09. The van der Waals surface area contributed by atoms with Crippen LogP contribution in [0, 0.1) is 0 Å². The van der Waals surface area contributed by atoms with Crippen molar-refractivity contribution in [3.05, 3.63) is 71.8 Å². The van der Waals surface area contributed by atoms with E-state index in [0.717, 1.165) is 5.92 Å². The largest absolute Gasteiger partial charge is 0.343 e. The minimum Gasteiger partial charge on any atom is -0.343 e. The molecule has 154 valence electrons. The zero-order valence-corrected chi connectivity index (χ0v) is 19.1. The molecule has 1 aliphatic rings. The van der Waals surface area contributed by atoms with Gasteiger partial charge in [0.2, 0.25) is 0 Å². The van der Waals surface area contributed by atoms with Crippen molar-refractivity contribution in [2.45, 2.75) is 57.8 Å². The molecule has 0 spiro atoms. The van der Waals surface area contributed by atoms with Crippen molar-refractivity contribution in [3.63, 3.8) is 0 Å². The molecule has 0 bridgehead atoms. The van der Waals surface area contributed by atoms with Crippen LogP contribution in [-0.4, -0.2) is 7.05 Å². The summed E-state index contributed by atoms with van der Waals surface area (Å²) in [4.78, 5) is 2.35. The normalized spacial score (nSPS) is 15.3. The van der Waals surface area contributed by atoms with Crippen molar-refractivity contribution in [1.29, 1.82) is 0 Å². The van der Waals surface area contributed by atoms with Gasteiger partial charge in [0.15, 0.2) is 0 Å². The van der Waals surface area contributed by atoms with Crippen molar-refractivity contribution >= 4 is 42.9 Å². The second-order valence-corrected chi connectivity index (χ2v) is 10.1. The maximum atomic E-state index is 2.39. The number of benzene rings is 3. The van der Waals surface area contributed by atoms with E-state index in [1.807, 2.05) is 11.3 Å². The summed E-state index contributed by atoms with van der Waals surface area (Å²) in [5, 5.41) is 2.83. The van der Waals surface area contributed by atoms with E-state index in [2.05, 4.69) is 86.5 Å². The molecule has 0 amide bonds. The van der Waals surface area contributed by atoms with E-state index in [9.17, 15) is 0 Å². The number of hydrogen-bond acceptors (Lipinski definition) is 2. The number of anilines is 2. The Morgan fingerprint density at radius 3 is 2.17 bits per heavy atom. The van der Waals surface area contributed by atoms with Crippen LogP contribution in [0.2, 0.25) is 0 Å². The highest BCUT2D eigenvalue weighted by Gasteiger charge is 2.20. The van der Waals surface area contributed by atoms with Gasteiger partial charge in [-0.25, -0.2) is 0 Å². The molecule has 4 aromatic rings. The van der Waals surface area contributed by atoms with E-state index in [-0.39, 0.29) is 0 Å². The Morgan fingerprint density at radius 2 is 1.47 bits per heavy atom. The van der Waals surface area contributed by atoms with Gasteiger partial charge in [-0.1, -0.05) is 75.6 Å². The molecule has 30 heavy (non-hydrogen) atoms. The maximum Gasteiger partial charge on any atom is 0.0592 e. The monoisotopic (exact) mass is 413 g/mol. The molecule has 1 aromatic heterocycles. The molecule has 0 N–H and O–H groups in total. The average Bonchev–Trinajstić information content (AvgIpc) is 3.18. The third-order valence-electron chi connectivity index (χ3n) is 6.89. The molecular weight excluding hydrogens is 382 g/mol. The third-order valence-corrected chi connectivity index (χ3v) is 8.18. The Balaban J connectivity index is 1.61. The molecule has 0 aliphatic heterocycles. The van der Waals surface area contributed by atoms with Crippen molar-refractivity contribution < 1.29 is 0 Å². The van der Waals surface area contributed by atoms with E-state index in [0.29, 0.717) is 5.92 Å². The SMILES string of the molecule is CC(C)c1ccc(N(C)c2cccc3c2sc2c(C4CCCCC4)cccc23)cc1. The van der Waals surface area contributed by atoms with Gasteiger partial charge in [0, 0.05) is 28.2 Å². The quantitative estimate of drug-likeness (QED) is 0.322. The van der Waals surface area contributed by atoms with Crippen LogP contribution in [0.15, 0.2) is 60.7 Å². The molecule has 2 heteroatoms. The first kappa shape index (κ1) is 19.6. The van der Waals surface area contributed by atoms with Gasteiger partial charge in [0.05, 0.1) is 10.4 Å². The lowest BCUT2D eigenvalue weighted by Gasteiger charge is -2.22.